The van der Waals surface area contributed by atoms with Gasteiger partial charge < -0.3 is 35.4 Å². The van der Waals surface area contributed by atoms with E-state index in [0.717, 1.165) is 13.8 Å². The molecular weight excluding hydrogens is 316 g/mol. The van der Waals surface area contributed by atoms with Gasteiger partial charge in [0, 0.05) is 6.92 Å². The van der Waals surface area contributed by atoms with Crippen LogP contribution < -0.4 is 5.43 Å². The van der Waals surface area contributed by atoms with Crippen molar-refractivity contribution in [1.29, 1.82) is 0 Å². The second-order valence-electron chi connectivity index (χ2n) is 5.32. The number of aliphatic hydroxyl groups excluding tert-OH is 5. The molecule has 11 nitrogen and oxygen atoms in total. The fraction of sp³-hybridized carbons (Fsp3) is 0.833. The predicted octanol–water partition coefficient (Wildman–Crippen LogP) is -4.03. The molecule has 0 spiro atoms. The van der Waals surface area contributed by atoms with Crippen LogP contribution in [0.1, 0.15) is 13.8 Å². The molecule has 1 unspecified atom stereocenters. The third-order valence-electron chi connectivity index (χ3n) is 3.44. The van der Waals surface area contributed by atoms with Gasteiger partial charge in [0.1, 0.15) is 24.4 Å². The van der Waals surface area contributed by atoms with E-state index in [9.17, 15) is 35.1 Å². The summed E-state index contributed by atoms with van der Waals surface area (Å²) in [6, 6.07) is -1.71. The first-order valence-electron chi connectivity index (χ1n) is 6.88. The number of carbonyl (C=O) groups excluding carboxylic acids is 1. The molecule has 7 N–H and O–H groups in total. The van der Waals surface area contributed by atoms with E-state index >= 15 is 0 Å². The Balaban J connectivity index is 3.18. The molecule has 1 saturated heterocycles. The van der Waals surface area contributed by atoms with Crippen LogP contribution in [0.15, 0.2) is 0 Å². The lowest BCUT2D eigenvalue weighted by molar-refractivity contribution is -0.280. The monoisotopic (exact) mass is 338 g/mol. The van der Waals surface area contributed by atoms with Gasteiger partial charge in [-0.05, 0) is 6.92 Å². The highest BCUT2D eigenvalue weighted by Gasteiger charge is 2.49. The highest BCUT2D eigenvalue weighted by molar-refractivity contribution is 5.76. The Kier molecular flexibility index (Phi) is 6.83. The van der Waals surface area contributed by atoms with Crippen molar-refractivity contribution in [3.8, 4) is 0 Å². The number of aliphatic hydroxyl groups is 5. The van der Waals surface area contributed by atoms with Crippen molar-refractivity contribution in [2.75, 3.05) is 6.61 Å². The normalized spacial score (nSPS) is 34.0. The number of nitrogens with zero attached hydrogens (tertiary/aromatic N) is 1. The molecule has 0 aromatic rings. The zero-order valence-corrected chi connectivity index (χ0v) is 12.6. The lowest BCUT2D eigenvalue weighted by atomic mass is 9.97. The summed E-state index contributed by atoms with van der Waals surface area (Å²) >= 11 is 0. The molecule has 1 fully saturated rings. The van der Waals surface area contributed by atoms with Crippen LogP contribution in [-0.2, 0) is 14.3 Å². The highest BCUT2D eigenvalue weighted by Crippen LogP contribution is 2.25. The maximum atomic E-state index is 11.4. The topological polar surface area (TPSA) is 180 Å². The van der Waals surface area contributed by atoms with E-state index in [1.807, 2.05) is 0 Å². The first kappa shape index (κ1) is 19.7. The van der Waals surface area contributed by atoms with E-state index in [4.69, 9.17) is 9.84 Å². The smallest absolute Gasteiger partial charge is 0.325 e. The van der Waals surface area contributed by atoms with Crippen molar-refractivity contribution in [2.24, 2.45) is 0 Å². The summed E-state index contributed by atoms with van der Waals surface area (Å²) in [7, 11) is 0. The lowest BCUT2D eigenvalue weighted by Crippen LogP contribution is -2.69. The molecule has 0 aliphatic carbocycles. The van der Waals surface area contributed by atoms with Crippen LogP contribution >= 0.6 is 0 Å². The molecule has 0 radical (unpaired) electrons. The van der Waals surface area contributed by atoms with Crippen LogP contribution in [-0.4, -0.2) is 96.9 Å². The van der Waals surface area contributed by atoms with Gasteiger partial charge in [-0.25, -0.2) is 0 Å². The summed E-state index contributed by atoms with van der Waals surface area (Å²) in [6.45, 7) is 1.50. The molecule has 0 bridgehead atoms. The molecule has 1 heterocycles. The molecule has 11 heteroatoms. The third kappa shape index (κ3) is 4.35. The largest absolute Gasteiger partial charge is 0.480 e. The minimum Gasteiger partial charge on any atom is -0.480 e. The van der Waals surface area contributed by atoms with E-state index in [1.165, 1.54) is 0 Å². The summed E-state index contributed by atoms with van der Waals surface area (Å²) in [5, 5.41) is 58.2. The molecule has 134 valence electrons. The Morgan fingerprint density at radius 2 is 1.78 bits per heavy atom. The zero-order chi connectivity index (χ0) is 17.9. The van der Waals surface area contributed by atoms with Gasteiger partial charge in [0.05, 0.1) is 12.7 Å². The van der Waals surface area contributed by atoms with Gasteiger partial charge in [-0.3, -0.25) is 15.0 Å². The average Bonchev–Trinajstić information content (AvgIpc) is 2.43. The Labute approximate surface area is 131 Å². The van der Waals surface area contributed by atoms with E-state index in [-0.39, 0.29) is 0 Å². The zero-order valence-electron chi connectivity index (χ0n) is 12.6. The summed E-state index contributed by atoms with van der Waals surface area (Å²) in [5.74, 6) is -2.24. The second kappa shape index (κ2) is 7.97. The van der Waals surface area contributed by atoms with Crippen molar-refractivity contribution in [3.05, 3.63) is 0 Å². The Morgan fingerprint density at radius 3 is 2.17 bits per heavy atom. The molecule has 23 heavy (non-hydrogen) atoms. The number of carboxylic acid groups (broad SMARTS) is 1. The van der Waals surface area contributed by atoms with E-state index in [1.54, 1.807) is 0 Å². The number of carboxylic acids is 1. The number of hydrazine groups is 1. The number of amides is 1. The number of aliphatic carboxylic acids is 1. The molecule has 0 aromatic carbocycles. The third-order valence-corrected chi connectivity index (χ3v) is 3.44. The summed E-state index contributed by atoms with van der Waals surface area (Å²) in [4.78, 5) is 22.7. The van der Waals surface area contributed by atoms with Gasteiger partial charge in [0.25, 0.3) is 0 Å². The van der Waals surface area contributed by atoms with Crippen LogP contribution in [0.25, 0.3) is 0 Å². The van der Waals surface area contributed by atoms with E-state index < -0.39 is 61.3 Å². The summed E-state index contributed by atoms with van der Waals surface area (Å²) in [5.41, 5.74) is 2.12. The van der Waals surface area contributed by atoms with Crippen LogP contribution in [0.4, 0.5) is 0 Å². The molecule has 0 aromatic heterocycles. The van der Waals surface area contributed by atoms with Crippen molar-refractivity contribution >= 4 is 11.9 Å². The van der Waals surface area contributed by atoms with Crippen LogP contribution in [0, 0.1) is 0 Å². The standard InChI is InChI=1S/C12H22N2O9/c1-4(16)7(12(21)22)14(13-5(2)17)11-10(20)9(19)8(18)6(3-15)23-11/h4,6-11,15-16,18-20H,3H2,1-2H3,(H,13,17)(H,21,22)/t4-,6-,7+,8-,9+,10-,11?/m1/s1. The number of carbonyl (C=O) groups is 2. The van der Waals surface area contributed by atoms with Crippen LogP contribution in [0.5, 0.6) is 0 Å². The number of rotatable bonds is 6. The van der Waals surface area contributed by atoms with Gasteiger partial charge in [0.15, 0.2) is 12.3 Å². The highest BCUT2D eigenvalue weighted by atomic mass is 16.6. The van der Waals surface area contributed by atoms with Crippen molar-refractivity contribution in [1.82, 2.24) is 10.4 Å². The summed E-state index contributed by atoms with van der Waals surface area (Å²) < 4.78 is 5.20. The quantitative estimate of drug-likeness (QED) is 0.236. The minimum absolute atomic E-state index is 0.637. The van der Waals surface area contributed by atoms with E-state index in [0.29, 0.717) is 5.01 Å². The molecule has 1 aliphatic rings. The predicted molar refractivity (Wildman–Crippen MR) is 72.5 cm³/mol. The molecule has 1 amide bonds. The maximum Gasteiger partial charge on any atom is 0.325 e. The number of hydrogen-bond donors (Lipinski definition) is 7. The van der Waals surface area contributed by atoms with Gasteiger partial charge >= 0.3 is 5.97 Å². The summed E-state index contributed by atoms with van der Waals surface area (Å²) in [6.07, 6.45) is -9.60. The Morgan fingerprint density at radius 1 is 1.22 bits per heavy atom. The molecule has 0 saturated carbocycles. The van der Waals surface area contributed by atoms with E-state index in [2.05, 4.69) is 5.43 Å². The van der Waals surface area contributed by atoms with Crippen molar-refractivity contribution in [2.45, 2.75) is 56.6 Å². The van der Waals surface area contributed by atoms with Gasteiger partial charge in [-0.1, -0.05) is 0 Å². The van der Waals surface area contributed by atoms with Gasteiger partial charge in [-0.15, -0.1) is 0 Å². The number of hydrogen-bond acceptors (Lipinski definition) is 9. The second-order valence-corrected chi connectivity index (χ2v) is 5.32. The van der Waals surface area contributed by atoms with Gasteiger partial charge in [0.2, 0.25) is 5.91 Å². The van der Waals surface area contributed by atoms with Gasteiger partial charge in [-0.2, -0.15) is 5.01 Å². The van der Waals surface area contributed by atoms with Crippen LogP contribution in [0.2, 0.25) is 0 Å². The van der Waals surface area contributed by atoms with Crippen molar-refractivity contribution < 1.29 is 45.0 Å². The van der Waals surface area contributed by atoms with Crippen molar-refractivity contribution in [3.63, 3.8) is 0 Å². The Bertz CT molecular complexity index is 431. The van der Waals surface area contributed by atoms with Crippen LogP contribution in [0.3, 0.4) is 0 Å². The molecular formula is C12H22N2O9. The first-order chi connectivity index (χ1) is 10.6. The average molecular weight is 338 g/mol. The number of ether oxygens (including phenoxy) is 1. The SMILES string of the molecule is CC(=O)NN(C1O[C@H](CO)[C@@H](O)[C@H](O)[C@H]1O)[C@H](C(=O)O)[C@@H](C)O. The first-order valence-corrected chi connectivity index (χ1v) is 6.88. The molecule has 1 rings (SSSR count). The number of nitrogens with one attached hydrogen (secondary N) is 1. The maximum absolute atomic E-state index is 11.4. The fourth-order valence-corrected chi connectivity index (χ4v) is 2.34. The lowest BCUT2D eigenvalue weighted by Gasteiger charge is -2.46. The molecule has 1 aliphatic heterocycles. The molecule has 7 atom stereocenters. The fourth-order valence-electron chi connectivity index (χ4n) is 2.34. The minimum atomic E-state index is -1.81. The Hall–Kier alpha value is -1.34.